The van der Waals surface area contributed by atoms with Crippen molar-refractivity contribution < 1.29 is 9.53 Å². The number of alkyl halides is 1. The lowest BCUT2D eigenvalue weighted by atomic mass is 9.82. The fourth-order valence-corrected chi connectivity index (χ4v) is 6.65. The van der Waals surface area contributed by atoms with Gasteiger partial charge in [-0.1, -0.05) is 77.8 Å². The molecule has 136 valence electrons. The molecule has 0 aliphatic heterocycles. The minimum atomic E-state index is -1.81. The van der Waals surface area contributed by atoms with E-state index >= 15 is 0 Å². The molecule has 1 fully saturated rings. The quantitative estimate of drug-likeness (QED) is 0.386. The number of rotatable bonds is 4. The van der Waals surface area contributed by atoms with Crippen molar-refractivity contribution in [1.82, 2.24) is 0 Å². The van der Waals surface area contributed by atoms with Gasteiger partial charge in [-0.25, -0.2) is 0 Å². The summed E-state index contributed by atoms with van der Waals surface area (Å²) >= 11 is 7.49. The molecule has 2 nitrogen and oxygen atoms in total. The Balaban J connectivity index is 3.10. The molecule has 0 heterocycles. The van der Waals surface area contributed by atoms with Crippen LogP contribution in [0.1, 0.15) is 33.6 Å². The average Bonchev–Trinajstić information content (AvgIpc) is 2.34. The van der Waals surface area contributed by atoms with Gasteiger partial charge in [-0.05, 0) is 35.1 Å². The largest absolute Gasteiger partial charge is 0.414 e. The lowest BCUT2D eigenvalue weighted by Crippen LogP contribution is -2.47. The summed E-state index contributed by atoms with van der Waals surface area (Å²) in [5.41, 5.74) is 1.38. The summed E-state index contributed by atoms with van der Waals surface area (Å²) in [4.78, 5) is 0. The fourth-order valence-electron chi connectivity index (χ4n) is 2.76. The van der Waals surface area contributed by atoms with Crippen LogP contribution in [0.4, 0.5) is 0 Å². The normalized spacial score (nSPS) is 29.6. The van der Waals surface area contributed by atoms with Gasteiger partial charge in [0, 0.05) is 11.2 Å². The van der Waals surface area contributed by atoms with E-state index in [1.165, 1.54) is 9.68 Å². The zero-order valence-electron chi connectivity index (χ0n) is 16.0. The van der Waals surface area contributed by atoms with Crippen molar-refractivity contribution in [3.8, 4) is 0 Å². The van der Waals surface area contributed by atoms with E-state index < -0.39 is 16.4 Å². The lowest BCUT2D eigenvalue weighted by Gasteiger charge is -2.44. The van der Waals surface area contributed by atoms with Crippen molar-refractivity contribution in [2.24, 2.45) is 5.92 Å². The van der Waals surface area contributed by atoms with Gasteiger partial charge in [0.05, 0.1) is 20.3 Å². The van der Waals surface area contributed by atoms with Crippen molar-refractivity contribution in [3.05, 3.63) is 9.68 Å². The fraction of sp³-hybridized carbons (Fsp3) is 0.882. The predicted molar refractivity (Wildman–Crippen MR) is 114 cm³/mol. The van der Waals surface area contributed by atoms with Gasteiger partial charge >= 0.3 is 0 Å². The molecule has 1 saturated carbocycles. The van der Waals surface area contributed by atoms with Gasteiger partial charge < -0.3 is 9.53 Å². The van der Waals surface area contributed by atoms with Crippen molar-refractivity contribution in [2.45, 2.75) is 83.6 Å². The zero-order chi connectivity index (χ0) is 18.2. The van der Waals surface area contributed by atoms with E-state index in [0.717, 1.165) is 18.2 Å². The third-order valence-electron chi connectivity index (χ3n) is 5.24. The average molecular weight is 486 g/mol. The molecule has 3 atom stereocenters. The van der Waals surface area contributed by atoms with E-state index in [1.807, 2.05) is 0 Å². The van der Waals surface area contributed by atoms with Crippen LogP contribution in [0.3, 0.4) is 0 Å². The second-order valence-electron chi connectivity index (χ2n) is 9.36. The molecule has 0 aromatic rings. The molecular formula is C17H34Br2O2Si2. The number of hydrogen-bond acceptors (Lipinski definition) is 2. The van der Waals surface area contributed by atoms with Crippen LogP contribution in [-0.4, -0.2) is 39.0 Å². The maximum absolute atomic E-state index is 10.7. The Morgan fingerprint density at radius 1 is 1.22 bits per heavy atom. The van der Waals surface area contributed by atoms with E-state index in [2.05, 4.69) is 85.4 Å². The number of aliphatic hydroxyl groups excluding tert-OH is 1. The van der Waals surface area contributed by atoms with Crippen LogP contribution in [0.25, 0.3) is 0 Å². The summed E-state index contributed by atoms with van der Waals surface area (Å²) in [5.74, 6) is 0.204. The molecule has 1 aliphatic rings. The van der Waals surface area contributed by atoms with Gasteiger partial charge in [0.2, 0.25) is 0 Å². The summed E-state index contributed by atoms with van der Waals surface area (Å²) < 4.78 is 7.98. The van der Waals surface area contributed by atoms with E-state index in [9.17, 15) is 5.11 Å². The molecule has 0 spiro atoms. The molecule has 0 saturated heterocycles. The Morgan fingerprint density at radius 3 is 2.13 bits per heavy atom. The molecule has 23 heavy (non-hydrogen) atoms. The molecule has 0 aromatic heterocycles. The van der Waals surface area contributed by atoms with Crippen molar-refractivity contribution in [2.75, 3.05) is 5.33 Å². The second-order valence-corrected chi connectivity index (χ2v) is 21.3. The maximum Gasteiger partial charge on any atom is 0.192 e. The minimum absolute atomic E-state index is 0.139. The Morgan fingerprint density at radius 2 is 1.74 bits per heavy atom. The smallest absolute Gasteiger partial charge is 0.192 e. The van der Waals surface area contributed by atoms with Gasteiger partial charge in [0.25, 0.3) is 0 Å². The first kappa shape index (κ1) is 22.1. The monoisotopic (exact) mass is 484 g/mol. The van der Waals surface area contributed by atoms with E-state index in [4.69, 9.17) is 4.43 Å². The second kappa shape index (κ2) is 7.74. The van der Waals surface area contributed by atoms with Gasteiger partial charge in [-0.2, -0.15) is 0 Å². The maximum atomic E-state index is 10.7. The highest BCUT2D eigenvalue weighted by Gasteiger charge is 2.43. The molecule has 0 unspecified atom stereocenters. The summed E-state index contributed by atoms with van der Waals surface area (Å²) in [7, 11) is -3.25. The predicted octanol–water partition coefficient (Wildman–Crippen LogP) is 6.07. The molecule has 1 aliphatic carbocycles. The minimum Gasteiger partial charge on any atom is -0.414 e. The first-order valence-corrected chi connectivity index (χ1v) is 16.8. The summed E-state index contributed by atoms with van der Waals surface area (Å²) in [6, 6.07) is 0. The zero-order valence-corrected chi connectivity index (χ0v) is 21.1. The van der Waals surface area contributed by atoms with Crippen molar-refractivity contribution >= 4 is 48.3 Å². The highest BCUT2D eigenvalue weighted by molar-refractivity contribution is 9.12. The first-order chi connectivity index (χ1) is 10.2. The van der Waals surface area contributed by atoms with Crippen LogP contribution in [0.2, 0.25) is 37.8 Å². The standard InChI is InChI=1S/C17H34Br2O2Si2/c1-17(2,3)23(7,8)21-12-9-13(16(19)22(4,5)6)14(11-18)15(20)10-12/h12,14-15,20H,9-11H2,1-8H3/b16-13+/t12-,14+,15+/m0/s1. The highest BCUT2D eigenvalue weighted by atomic mass is 79.9. The lowest BCUT2D eigenvalue weighted by molar-refractivity contribution is 0.0401. The van der Waals surface area contributed by atoms with Crippen LogP contribution < -0.4 is 0 Å². The van der Waals surface area contributed by atoms with Crippen LogP contribution in [-0.2, 0) is 4.43 Å². The van der Waals surface area contributed by atoms with E-state index in [1.54, 1.807) is 0 Å². The molecule has 1 N–H and O–H groups in total. The Kier molecular flexibility index (Phi) is 7.44. The molecule has 0 bridgehead atoms. The SMILES string of the molecule is CC(C)(C)[Si](C)(C)O[C@H]1C/C(=C(/Br)[Si](C)(C)C)[C@@H](CBr)[C@H](O)C1. The molecule has 1 rings (SSSR count). The molecule has 0 radical (unpaired) electrons. The number of halogens is 2. The Labute approximate surface area is 161 Å². The van der Waals surface area contributed by atoms with Crippen molar-refractivity contribution in [3.63, 3.8) is 0 Å². The Hall–Kier alpha value is 1.05. The van der Waals surface area contributed by atoms with E-state index in [-0.39, 0.29) is 23.2 Å². The van der Waals surface area contributed by atoms with Gasteiger partial charge in [0.1, 0.15) is 0 Å². The van der Waals surface area contributed by atoms with Gasteiger partial charge in [-0.15, -0.1) is 0 Å². The summed E-state index contributed by atoms with van der Waals surface area (Å²) in [5, 5.41) is 11.7. The molecular weight excluding hydrogens is 452 g/mol. The van der Waals surface area contributed by atoms with E-state index in [0.29, 0.717) is 0 Å². The third-order valence-corrected chi connectivity index (χ3v) is 16.2. The summed E-state index contributed by atoms with van der Waals surface area (Å²) in [6.45, 7) is 18.5. The van der Waals surface area contributed by atoms with Crippen LogP contribution in [0, 0.1) is 5.92 Å². The highest BCUT2D eigenvalue weighted by Crippen LogP contribution is 2.43. The topological polar surface area (TPSA) is 29.5 Å². The number of hydrogen-bond donors (Lipinski definition) is 1. The van der Waals surface area contributed by atoms with Crippen LogP contribution in [0.5, 0.6) is 0 Å². The summed E-state index contributed by atoms with van der Waals surface area (Å²) in [6.07, 6.45) is 1.51. The van der Waals surface area contributed by atoms with Gasteiger partial charge in [-0.3, -0.25) is 0 Å². The van der Waals surface area contributed by atoms with Crippen LogP contribution in [0.15, 0.2) is 9.68 Å². The third kappa shape index (κ3) is 5.51. The number of aliphatic hydroxyl groups is 1. The van der Waals surface area contributed by atoms with Gasteiger partial charge in [0.15, 0.2) is 8.32 Å². The Bertz CT molecular complexity index is 450. The molecule has 0 aromatic carbocycles. The van der Waals surface area contributed by atoms with Crippen molar-refractivity contribution in [1.29, 1.82) is 0 Å². The molecule has 6 heteroatoms. The molecule has 0 amide bonds. The van der Waals surface area contributed by atoms with Crippen LogP contribution >= 0.6 is 31.9 Å². The first-order valence-electron chi connectivity index (χ1n) is 8.51.